The van der Waals surface area contributed by atoms with Crippen LogP contribution in [-0.4, -0.2) is 11.9 Å². The summed E-state index contributed by atoms with van der Waals surface area (Å²) in [5.74, 6) is -0.923. The van der Waals surface area contributed by atoms with Crippen LogP contribution in [0.5, 0.6) is 0 Å². The van der Waals surface area contributed by atoms with Crippen LogP contribution in [0.3, 0.4) is 0 Å². The fourth-order valence-electron chi connectivity index (χ4n) is 2.62. The smallest absolute Gasteiger partial charge is 0.314 e. The Bertz CT molecular complexity index is 585. The van der Waals surface area contributed by atoms with Crippen LogP contribution in [0, 0.1) is 5.41 Å². The maximum atomic E-state index is 12.1. The summed E-state index contributed by atoms with van der Waals surface area (Å²) in [6, 6.07) is 0. The normalized spacial score (nSPS) is 13.3. The zero-order valence-electron chi connectivity index (χ0n) is 18.2. The van der Waals surface area contributed by atoms with Crippen LogP contribution in [-0.2, 0) is 14.3 Å². The first-order valence-corrected chi connectivity index (χ1v) is 9.87. The molecule has 0 aliphatic rings. The minimum absolute atomic E-state index is 0.177. The lowest BCUT2D eigenvalue weighted by Crippen LogP contribution is -2.22. The molecule has 0 aliphatic carbocycles. The van der Waals surface area contributed by atoms with Gasteiger partial charge in [-0.2, -0.15) is 0 Å². The highest BCUT2D eigenvalue weighted by molar-refractivity contribution is 5.85. The average Bonchev–Trinajstić information content (AvgIpc) is 2.53. The molecule has 1 atom stereocenters. The summed E-state index contributed by atoms with van der Waals surface area (Å²) in [4.78, 5) is 24.0. The highest BCUT2D eigenvalue weighted by atomic mass is 16.6. The van der Waals surface area contributed by atoms with Gasteiger partial charge in [0, 0.05) is 6.42 Å². The standard InChI is InChI=1S/C24H38O3/c1-8-24(7,17-11-13-20(4)5)18-23(26)27-22(25)16-10-15-21(6)14-9-12-19(2)3/h8,12-13,15H,1,9-11,14,16-18H2,2-7H3/b21-15+. The van der Waals surface area contributed by atoms with E-state index in [9.17, 15) is 9.59 Å². The zero-order chi connectivity index (χ0) is 20.9. The second kappa shape index (κ2) is 13.3. The molecule has 0 aliphatic heterocycles. The van der Waals surface area contributed by atoms with Gasteiger partial charge in [-0.1, -0.05) is 47.9 Å². The van der Waals surface area contributed by atoms with Gasteiger partial charge in [0.05, 0.1) is 6.42 Å². The molecule has 27 heavy (non-hydrogen) atoms. The largest absolute Gasteiger partial charge is 0.393 e. The Morgan fingerprint density at radius 1 is 0.852 bits per heavy atom. The Hall–Kier alpha value is -1.90. The van der Waals surface area contributed by atoms with Crippen molar-refractivity contribution in [3.63, 3.8) is 0 Å². The molecule has 3 nitrogen and oxygen atoms in total. The zero-order valence-corrected chi connectivity index (χ0v) is 18.2. The summed E-state index contributed by atoms with van der Waals surface area (Å²) in [7, 11) is 0. The van der Waals surface area contributed by atoms with Crippen molar-refractivity contribution in [2.24, 2.45) is 5.41 Å². The number of hydrogen-bond acceptors (Lipinski definition) is 3. The molecular weight excluding hydrogens is 336 g/mol. The molecule has 0 aromatic rings. The highest BCUT2D eigenvalue weighted by Crippen LogP contribution is 2.30. The molecule has 0 aromatic heterocycles. The van der Waals surface area contributed by atoms with Crippen molar-refractivity contribution in [3.8, 4) is 0 Å². The molecule has 3 heteroatoms. The summed E-state index contributed by atoms with van der Waals surface area (Å²) in [6.07, 6.45) is 12.9. The first-order valence-electron chi connectivity index (χ1n) is 9.87. The topological polar surface area (TPSA) is 43.4 Å². The second-order valence-electron chi connectivity index (χ2n) is 8.11. The lowest BCUT2D eigenvalue weighted by Gasteiger charge is -2.23. The van der Waals surface area contributed by atoms with Crippen molar-refractivity contribution in [1.29, 1.82) is 0 Å². The predicted octanol–water partition coefficient (Wildman–Crippen LogP) is 6.86. The average molecular weight is 375 g/mol. The molecular formula is C24H38O3. The van der Waals surface area contributed by atoms with Crippen molar-refractivity contribution >= 4 is 11.9 Å². The number of allylic oxidation sites excluding steroid dienone is 7. The third-order valence-corrected chi connectivity index (χ3v) is 4.47. The number of carbonyl (C=O) groups is 2. The quantitative estimate of drug-likeness (QED) is 0.213. The van der Waals surface area contributed by atoms with Gasteiger partial charge >= 0.3 is 11.9 Å². The molecule has 0 bridgehead atoms. The van der Waals surface area contributed by atoms with Gasteiger partial charge in [0.25, 0.3) is 0 Å². The Morgan fingerprint density at radius 3 is 1.96 bits per heavy atom. The monoisotopic (exact) mass is 374 g/mol. The predicted molar refractivity (Wildman–Crippen MR) is 114 cm³/mol. The van der Waals surface area contributed by atoms with E-state index in [1.807, 2.05) is 6.92 Å². The Balaban J connectivity index is 4.32. The van der Waals surface area contributed by atoms with E-state index in [0.717, 1.165) is 25.7 Å². The van der Waals surface area contributed by atoms with Crippen LogP contribution >= 0.6 is 0 Å². The van der Waals surface area contributed by atoms with Crippen LogP contribution in [0.25, 0.3) is 0 Å². The van der Waals surface area contributed by atoms with Crippen LogP contribution < -0.4 is 0 Å². The summed E-state index contributed by atoms with van der Waals surface area (Å²) in [6.45, 7) is 16.2. The van der Waals surface area contributed by atoms with Gasteiger partial charge in [0.15, 0.2) is 0 Å². The van der Waals surface area contributed by atoms with Gasteiger partial charge in [-0.3, -0.25) is 9.59 Å². The molecule has 0 saturated heterocycles. The van der Waals surface area contributed by atoms with E-state index >= 15 is 0 Å². The fourth-order valence-corrected chi connectivity index (χ4v) is 2.62. The molecule has 0 radical (unpaired) electrons. The van der Waals surface area contributed by atoms with Crippen molar-refractivity contribution in [3.05, 3.63) is 47.6 Å². The van der Waals surface area contributed by atoms with Crippen LogP contribution in [0.4, 0.5) is 0 Å². The second-order valence-corrected chi connectivity index (χ2v) is 8.11. The summed E-state index contributed by atoms with van der Waals surface area (Å²) in [5, 5.41) is 0. The molecule has 0 rings (SSSR count). The van der Waals surface area contributed by atoms with Gasteiger partial charge in [0.1, 0.15) is 0 Å². The molecule has 0 N–H and O–H groups in total. The maximum Gasteiger partial charge on any atom is 0.314 e. The minimum atomic E-state index is -0.469. The van der Waals surface area contributed by atoms with E-state index < -0.39 is 11.9 Å². The third-order valence-electron chi connectivity index (χ3n) is 4.47. The molecule has 0 heterocycles. The Labute approximate surface area is 166 Å². The van der Waals surface area contributed by atoms with E-state index in [1.54, 1.807) is 6.08 Å². The SMILES string of the molecule is C=CC(C)(CCC=C(C)C)CC(=O)OC(=O)CC/C=C(\C)CCC=C(C)C. The van der Waals surface area contributed by atoms with Crippen molar-refractivity contribution in [2.45, 2.75) is 86.5 Å². The molecule has 1 unspecified atom stereocenters. The van der Waals surface area contributed by atoms with E-state index in [-0.39, 0.29) is 18.3 Å². The highest BCUT2D eigenvalue weighted by Gasteiger charge is 2.25. The summed E-state index contributed by atoms with van der Waals surface area (Å²) in [5.41, 5.74) is 3.47. The minimum Gasteiger partial charge on any atom is -0.393 e. The van der Waals surface area contributed by atoms with E-state index in [2.05, 4.69) is 59.4 Å². The van der Waals surface area contributed by atoms with Crippen molar-refractivity contribution in [1.82, 2.24) is 0 Å². The van der Waals surface area contributed by atoms with Crippen molar-refractivity contribution < 1.29 is 14.3 Å². The summed E-state index contributed by atoms with van der Waals surface area (Å²) >= 11 is 0. The van der Waals surface area contributed by atoms with Crippen LogP contribution in [0.15, 0.2) is 47.6 Å². The van der Waals surface area contributed by atoms with Gasteiger partial charge in [-0.15, -0.1) is 6.58 Å². The van der Waals surface area contributed by atoms with Gasteiger partial charge < -0.3 is 4.74 Å². The van der Waals surface area contributed by atoms with Gasteiger partial charge in [-0.25, -0.2) is 0 Å². The number of esters is 2. The van der Waals surface area contributed by atoms with Crippen molar-refractivity contribution in [2.75, 3.05) is 0 Å². The summed E-state index contributed by atoms with van der Waals surface area (Å²) < 4.78 is 4.99. The van der Waals surface area contributed by atoms with Crippen LogP contribution in [0.2, 0.25) is 0 Å². The Kier molecular flexibility index (Phi) is 12.4. The number of ether oxygens (including phenoxy) is 1. The fraction of sp³-hybridized carbons (Fsp3) is 0.583. The molecule has 0 spiro atoms. The van der Waals surface area contributed by atoms with Gasteiger partial charge in [-0.05, 0) is 72.1 Å². The van der Waals surface area contributed by atoms with Gasteiger partial charge in [0.2, 0.25) is 0 Å². The molecule has 0 aromatic carbocycles. The molecule has 0 fully saturated rings. The molecule has 152 valence electrons. The number of carbonyl (C=O) groups excluding carboxylic acids is 2. The molecule has 0 amide bonds. The molecule has 0 saturated carbocycles. The van der Waals surface area contributed by atoms with E-state index in [4.69, 9.17) is 4.74 Å². The Morgan fingerprint density at radius 2 is 1.41 bits per heavy atom. The maximum absolute atomic E-state index is 12.1. The first kappa shape index (κ1) is 25.1. The van der Waals surface area contributed by atoms with E-state index in [1.165, 1.54) is 16.7 Å². The lowest BCUT2D eigenvalue weighted by atomic mass is 9.82. The number of hydrogen-bond donors (Lipinski definition) is 0. The lowest BCUT2D eigenvalue weighted by molar-refractivity contribution is -0.160. The number of rotatable bonds is 12. The van der Waals surface area contributed by atoms with Crippen LogP contribution in [0.1, 0.15) is 86.5 Å². The van der Waals surface area contributed by atoms with E-state index in [0.29, 0.717) is 6.42 Å². The third kappa shape index (κ3) is 13.9. The first-order chi connectivity index (χ1) is 12.6.